The van der Waals surface area contributed by atoms with Gasteiger partial charge in [-0.25, -0.2) is 9.97 Å². The largest absolute Gasteiger partial charge is 0.353 e. The van der Waals surface area contributed by atoms with Crippen molar-refractivity contribution in [2.45, 2.75) is 32.7 Å². The highest BCUT2D eigenvalue weighted by molar-refractivity contribution is 7.19. The van der Waals surface area contributed by atoms with E-state index in [1.165, 1.54) is 45.5 Å². The molecule has 5 rings (SSSR count). The summed E-state index contributed by atoms with van der Waals surface area (Å²) in [6, 6.07) is 8.16. The quantitative estimate of drug-likeness (QED) is 0.619. The van der Waals surface area contributed by atoms with E-state index in [4.69, 9.17) is 16.6 Å². The van der Waals surface area contributed by atoms with Gasteiger partial charge in [0.05, 0.1) is 5.39 Å². The van der Waals surface area contributed by atoms with Crippen LogP contribution >= 0.6 is 22.9 Å². The second kappa shape index (κ2) is 7.62. The molecule has 2 aromatic heterocycles. The molecule has 28 heavy (non-hydrogen) atoms. The van der Waals surface area contributed by atoms with E-state index >= 15 is 0 Å². The number of aryl methyl sites for hydroxylation is 1. The van der Waals surface area contributed by atoms with Gasteiger partial charge in [0.25, 0.3) is 0 Å². The number of hydrogen-bond acceptors (Lipinski definition) is 5. The number of rotatable bonds is 3. The first-order valence-corrected chi connectivity index (χ1v) is 11.3. The zero-order valence-corrected chi connectivity index (χ0v) is 17.8. The molecule has 1 saturated heterocycles. The van der Waals surface area contributed by atoms with Gasteiger partial charge < -0.3 is 4.90 Å². The molecule has 1 aromatic carbocycles. The number of piperazine rings is 1. The molecule has 0 spiro atoms. The van der Waals surface area contributed by atoms with Crippen molar-refractivity contribution in [2.24, 2.45) is 5.92 Å². The highest BCUT2D eigenvalue weighted by Gasteiger charge is 2.26. The topological polar surface area (TPSA) is 32.3 Å². The van der Waals surface area contributed by atoms with Gasteiger partial charge in [-0.1, -0.05) is 36.7 Å². The van der Waals surface area contributed by atoms with Gasteiger partial charge in [-0.15, -0.1) is 11.3 Å². The maximum absolute atomic E-state index is 6.35. The maximum Gasteiger partial charge on any atom is 0.141 e. The smallest absolute Gasteiger partial charge is 0.141 e. The van der Waals surface area contributed by atoms with Crippen molar-refractivity contribution in [2.75, 3.05) is 31.1 Å². The average Bonchev–Trinajstić information content (AvgIpc) is 3.08. The van der Waals surface area contributed by atoms with E-state index < -0.39 is 0 Å². The lowest BCUT2D eigenvalue weighted by Crippen LogP contribution is -2.46. The lowest BCUT2D eigenvalue weighted by atomic mass is 9.88. The van der Waals surface area contributed by atoms with Gasteiger partial charge in [-0.3, -0.25) is 4.90 Å². The van der Waals surface area contributed by atoms with Gasteiger partial charge in [0.2, 0.25) is 0 Å². The normalized spacial score (nSPS) is 20.5. The van der Waals surface area contributed by atoms with Crippen LogP contribution in [0.15, 0.2) is 30.6 Å². The molecule has 0 N–H and O–H groups in total. The summed E-state index contributed by atoms with van der Waals surface area (Å²) in [5.41, 5.74) is 2.73. The zero-order valence-electron chi connectivity index (χ0n) is 16.2. The first-order valence-electron chi connectivity index (χ1n) is 10.1. The van der Waals surface area contributed by atoms with E-state index in [0.29, 0.717) is 0 Å². The van der Waals surface area contributed by atoms with Gasteiger partial charge in [0.1, 0.15) is 17.0 Å². The Morgan fingerprint density at radius 3 is 2.79 bits per heavy atom. The van der Waals surface area contributed by atoms with Gasteiger partial charge in [0, 0.05) is 42.6 Å². The first-order chi connectivity index (χ1) is 13.7. The van der Waals surface area contributed by atoms with E-state index in [0.717, 1.165) is 49.5 Å². The minimum absolute atomic E-state index is 0.755. The van der Waals surface area contributed by atoms with Crippen molar-refractivity contribution in [3.05, 3.63) is 51.6 Å². The number of anilines is 1. The third-order valence-electron chi connectivity index (χ3n) is 6.09. The Bertz CT molecular complexity index is 993. The number of aromatic nitrogens is 2. The molecule has 3 heterocycles. The van der Waals surface area contributed by atoms with Crippen molar-refractivity contribution in [3.63, 3.8) is 0 Å². The third-order valence-corrected chi connectivity index (χ3v) is 7.66. The molecule has 2 aliphatic rings. The van der Waals surface area contributed by atoms with E-state index in [9.17, 15) is 0 Å². The monoisotopic (exact) mass is 412 g/mol. The number of hydrogen-bond donors (Lipinski definition) is 0. The van der Waals surface area contributed by atoms with Crippen LogP contribution in [0.25, 0.3) is 10.2 Å². The van der Waals surface area contributed by atoms with Crippen LogP contribution in [0.2, 0.25) is 5.02 Å². The Kier molecular flexibility index (Phi) is 4.99. The molecule has 6 heteroatoms. The van der Waals surface area contributed by atoms with Crippen molar-refractivity contribution in [1.29, 1.82) is 0 Å². The Morgan fingerprint density at radius 1 is 1.14 bits per heavy atom. The number of fused-ring (bicyclic) bond motifs is 3. The molecule has 4 nitrogen and oxygen atoms in total. The molecule has 1 atom stereocenters. The second-order valence-corrected chi connectivity index (χ2v) is 9.57. The zero-order chi connectivity index (χ0) is 19.1. The SMILES string of the molecule is CC1CCc2sc3ncnc(N4CCN(Cc5ccccc5Cl)CC4)c3c2C1. The lowest BCUT2D eigenvalue weighted by molar-refractivity contribution is 0.249. The summed E-state index contributed by atoms with van der Waals surface area (Å²) in [4.78, 5) is 17.0. The van der Waals surface area contributed by atoms with Crippen LogP contribution in [0.5, 0.6) is 0 Å². The van der Waals surface area contributed by atoms with Crippen LogP contribution in [0.3, 0.4) is 0 Å². The van der Waals surface area contributed by atoms with Crippen LogP contribution in [-0.4, -0.2) is 41.0 Å². The average molecular weight is 413 g/mol. The molecule has 1 fully saturated rings. The predicted octanol–water partition coefficient (Wildman–Crippen LogP) is 4.79. The molecule has 1 unspecified atom stereocenters. The van der Waals surface area contributed by atoms with Crippen LogP contribution in [0, 0.1) is 5.92 Å². The number of benzene rings is 1. The highest BCUT2D eigenvalue weighted by Crippen LogP contribution is 2.40. The molecule has 0 amide bonds. The third kappa shape index (κ3) is 3.40. The maximum atomic E-state index is 6.35. The Hall–Kier alpha value is -1.69. The Morgan fingerprint density at radius 2 is 1.96 bits per heavy atom. The van der Waals surface area contributed by atoms with E-state index in [-0.39, 0.29) is 0 Å². The van der Waals surface area contributed by atoms with Crippen LogP contribution in [0.4, 0.5) is 5.82 Å². The lowest BCUT2D eigenvalue weighted by Gasteiger charge is -2.36. The fraction of sp³-hybridized carbons (Fsp3) is 0.455. The molecule has 0 radical (unpaired) electrons. The van der Waals surface area contributed by atoms with Crippen molar-refractivity contribution in [1.82, 2.24) is 14.9 Å². The summed E-state index contributed by atoms with van der Waals surface area (Å²) in [7, 11) is 0. The van der Waals surface area contributed by atoms with Crippen molar-refractivity contribution >= 4 is 39.0 Å². The van der Waals surface area contributed by atoms with Crippen molar-refractivity contribution < 1.29 is 0 Å². The molecule has 0 saturated carbocycles. The summed E-state index contributed by atoms with van der Waals surface area (Å²) in [5, 5.41) is 2.19. The van der Waals surface area contributed by atoms with Crippen LogP contribution < -0.4 is 4.90 Å². The van der Waals surface area contributed by atoms with Gasteiger partial charge in [-0.05, 0) is 42.4 Å². The second-order valence-electron chi connectivity index (χ2n) is 8.08. The number of halogens is 1. The molecule has 146 valence electrons. The number of thiophene rings is 1. The van der Waals surface area contributed by atoms with Crippen molar-refractivity contribution in [3.8, 4) is 0 Å². The minimum Gasteiger partial charge on any atom is -0.353 e. The van der Waals surface area contributed by atoms with Gasteiger partial charge in [0.15, 0.2) is 0 Å². The number of nitrogens with zero attached hydrogens (tertiary/aromatic N) is 4. The Balaban J connectivity index is 1.36. The molecular weight excluding hydrogens is 388 g/mol. The van der Waals surface area contributed by atoms with Gasteiger partial charge in [-0.2, -0.15) is 0 Å². The molecule has 3 aromatic rings. The summed E-state index contributed by atoms with van der Waals surface area (Å²) < 4.78 is 0. The molecular formula is C22H25ClN4S. The minimum atomic E-state index is 0.755. The summed E-state index contributed by atoms with van der Waals surface area (Å²) in [5.74, 6) is 1.90. The van der Waals surface area contributed by atoms with Crippen LogP contribution in [0.1, 0.15) is 29.3 Å². The van der Waals surface area contributed by atoms with E-state index in [2.05, 4.69) is 33.8 Å². The summed E-state index contributed by atoms with van der Waals surface area (Å²) in [6.45, 7) is 7.33. The van der Waals surface area contributed by atoms with Crippen LogP contribution in [-0.2, 0) is 19.4 Å². The summed E-state index contributed by atoms with van der Waals surface area (Å²) in [6.07, 6.45) is 5.41. The standard InChI is InChI=1S/C22H25ClN4S/c1-15-6-7-19-17(12-15)20-21(24-14-25-22(20)28-19)27-10-8-26(9-11-27)13-16-4-2-3-5-18(16)23/h2-5,14-15H,6-13H2,1H3. The Labute approximate surface area is 175 Å². The van der Waals surface area contributed by atoms with Gasteiger partial charge >= 0.3 is 0 Å². The van der Waals surface area contributed by atoms with E-state index in [1.807, 2.05) is 23.5 Å². The first kappa shape index (κ1) is 18.3. The molecule has 0 bridgehead atoms. The predicted molar refractivity (Wildman–Crippen MR) is 118 cm³/mol. The fourth-order valence-corrected chi connectivity index (χ4v) is 5.86. The highest BCUT2D eigenvalue weighted by atomic mass is 35.5. The molecule has 1 aliphatic carbocycles. The van der Waals surface area contributed by atoms with E-state index in [1.54, 1.807) is 6.33 Å². The fourth-order valence-electron chi connectivity index (χ4n) is 4.49. The summed E-state index contributed by atoms with van der Waals surface area (Å²) >= 11 is 8.23. The molecule has 1 aliphatic heterocycles.